The van der Waals surface area contributed by atoms with Crippen LogP contribution >= 0.6 is 23.2 Å². The first kappa shape index (κ1) is 26.2. The predicted molar refractivity (Wildman–Crippen MR) is 133 cm³/mol. The van der Waals surface area contributed by atoms with Crippen molar-refractivity contribution in [3.8, 4) is 0 Å². The van der Waals surface area contributed by atoms with Crippen molar-refractivity contribution in [2.75, 3.05) is 0 Å². The summed E-state index contributed by atoms with van der Waals surface area (Å²) in [6, 6.07) is 13.0. The highest BCUT2D eigenvalue weighted by atomic mass is 35.5. The molecular formula is C26H34Cl2N2O2. The summed E-state index contributed by atoms with van der Waals surface area (Å²) < 4.78 is 0. The SMILES string of the molecule is CCc1ccc(CCC(=O)N(Cc2c(Cl)cccc2Cl)[C@@H](CC)C(=O)N[C@@H](C)CC)cc1. The number of nitrogens with one attached hydrogen (secondary N) is 1. The Labute approximate surface area is 202 Å². The average molecular weight is 477 g/mol. The summed E-state index contributed by atoms with van der Waals surface area (Å²) in [6.07, 6.45) is 3.22. The minimum absolute atomic E-state index is 0.0366. The Bertz CT molecular complexity index is 879. The minimum Gasteiger partial charge on any atom is -0.352 e. The van der Waals surface area contributed by atoms with Gasteiger partial charge >= 0.3 is 0 Å². The Balaban J connectivity index is 2.26. The van der Waals surface area contributed by atoms with Gasteiger partial charge in [-0.2, -0.15) is 0 Å². The Morgan fingerprint density at radius 3 is 2.06 bits per heavy atom. The fraction of sp³-hybridized carbons (Fsp3) is 0.462. The van der Waals surface area contributed by atoms with Crippen molar-refractivity contribution >= 4 is 35.0 Å². The lowest BCUT2D eigenvalue weighted by atomic mass is 10.0. The number of rotatable bonds is 11. The van der Waals surface area contributed by atoms with E-state index in [0.29, 0.717) is 34.9 Å². The van der Waals surface area contributed by atoms with Crippen LogP contribution in [0, 0.1) is 0 Å². The van der Waals surface area contributed by atoms with E-state index in [1.165, 1.54) is 5.56 Å². The quantitative estimate of drug-likeness (QED) is 0.418. The molecule has 0 radical (unpaired) electrons. The zero-order valence-corrected chi connectivity index (χ0v) is 21.0. The van der Waals surface area contributed by atoms with Crippen LogP contribution in [0.1, 0.15) is 63.6 Å². The molecule has 2 amide bonds. The second kappa shape index (κ2) is 12.9. The lowest BCUT2D eigenvalue weighted by Gasteiger charge is -2.32. The Kier molecular flexibility index (Phi) is 10.5. The van der Waals surface area contributed by atoms with E-state index in [0.717, 1.165) is 18.4 Å². The summed E-state index contributed by atoms with van der Waals surface area (Å²) in [7, 11) is 0. The molecule has 1 N–H and O–H groups in total. The Morgan fingerprint density at radius 1 is 0.938 bits per heavy atom. The third kappa shape index (κ3) is 7.25. The third-order valence-corrected chi connectivity index (χ3v) is 6.54. The number of aryl methyl sites for hydroxylation is 2. The molecule has 0 bridgehead atoms. The number of carbonyl (C=O) groups is 2. The van der Waals surface area contributed by atoms with Gasteiger partial charge in [-0.25, -0.2) is 0 Å². The lowest BCUT2D eigenvalue weighted by Crippen LogP contribution is -2.50. The highest BCUT2D eigenvalue weighted by Gasteiger charge is 2.30. The van der Waals surface area contributed by atoms with E-state index in [-0.39, 0.29) is 24.4 Å². The van der Waals surface area contributed by atoms with Crippen LogP contribution in [0.4, 0.5) is 0 Å². The lowest BCUT2D eigenvalue weighted by molar-refractivity contribution is -0.141. The number of hydrogen-bond donors (Lipinski definition) is 1. The van der Waals surface area contributed by atoms with Gasteiger partial charge in [0, 0.05) is 34.6 Å². The van der Waals surface area contributed by atoms with Gasteiger partial charge in [0.15, 0.2) is 0 Å². The van der Waals surface area contributed by atoms with Crippen LogP contribution in [0.5, 0.6) is 0 Å². The van der Waals surface area contributed by atoms with E-state index in [1.54, 1.807) is 23.1 Å². The monoisotopic (exact) mass is 476 g/mol. The molecule has 0 saturated heterocycles. The molecule has 0 unspecified atom stereocenters. The number of carbonyl (C=O) groups excluding carboxylic acids is 2. The summed E-state index contributed by atoms with van der Waals surface area (Å²) in [4.78, 5) is 28.0. The number of hydrogen-bond acceptors (Lipinski definition) is 2. The van der Waals surface area contributed by atoms with E-state index in [2.05, 4.69) is 36.5 Å². The summed E-state index contributed by atoms with van der Waals surface area (Å²) >= 11 is 12.8. The smallest absolute Gasteiger partial charge is 0.243 e. The van der Waals surface area contributed by atoms with Crippen LogP contribution in [0.2, 0.25) is 10.0 Å². The zero-order chi connectivity index (χ0) is 23.7. The van der Waals surface area contributed by atoms with Crippen molar-refractivity contribution < 1.29 is 9.59 Å². The van der Waals surface area contributed by atoms with Gasteiger partial charge in [-0.1, -0.05) is 74.3 Å². The van der Waals surface area contributed by atoms with Crippen LogP contribution < -0.4 is 5.32 Å². The molecular weight excluding hydrogens is 443 g/mol. The van der Waals surface area contributed by atoms with Crippen molar-refractivity contribution in [1.82, 2.24) is 10.2 Å². The molecule has 0 aliphatic carbocycles. The van der Waals surface area contributed by atoms with E-state index in [1.807, 2.05) is 20.8 Å². The average Bonchev–Trinajstić information content (AvgIpc) is 2.79. The van der Waals surface area contributed by atoms with Crippen molar-refractivity contribution in [3.63, 3.8) is 0 Å². The maximum atomic E-state index is 13.4. The molecule has 0 aliphatic heterocycles. The summed E-state index contributed by atoms with van der Waals surface area (Å²) in [6.45, 7) is 8.20. The fourth-order valence-electron chi connectivity index (χ4n) is 3.55. The van der Waals surface area contributed by atoms with E-state index >= 15 is 0 Å². The Hall–Kier alpha value is -2.04. The molecule has 6 heteroatoms. The second-order valence-electron chi connectivity index (χ2n) is 8.13. The molecule has 0 spiro atoms. The standard InChI is InChI=1S/C26H34Cl2N2O2/c1-5-18(4)29-26(32)24(7-3)30(17-21-22(27)9-8-10-23(21)28)25(31)16-15-20-13-11-19(6-2)12-14-20/h8-14,18,24H,5-7,15-17H2,1-4H3,(H,29,32)/t18-,24-/m0/s1. The van der Waals surface area contributed by atoms with Crippen molar-refractivity contribution in [3.05, 3.63) is 69.2 Å². The molecule has 32 heavy (non-hydrogen) atoms. The van der Waals surface area contributed by atoms with Crippen LogP contribution in [-0.2, 0) is 29.0 Å². The van der Waals surface area contributed by atoms with Gasteiger partial charge < -0.3 is 10.2 Å². The fourth-order valence-corrected chi connectivity index (χ4v) is 4.07. The second-order valence-corrected chi connectivity index (χ2v) is 8.95. The first-order chi connectivity index (χ1) is 15.3. The van der Waals surface area contributed by atoms with Gasteiger partial charge in [0.05, 0.1) is 0 Å². The van der Waals surface area contributed by atoms with Gasteiger partial charge in [0.1, 0.15) is 6.04 Å². The molecule has 0 saturated carbocycles. The predicted octanol–water partition coefficient (Wildman–Crippen LogP) is 6.21. The van der Waals surface area contributed by atoms with Crippen LogP contribution in [0.25, 0.3) is 0 Å². The highest BCUT2D eigenvalue weighted by Crippen LogP contribution is 2.27. The maximum absolute atomic E-state index is 13.4. The van der Waals surface area contributed by atoms with E-state index in [4.69, 9.17) is 23.2 Å². The van der Waals surface area contributed by atoms with Gasteiger partial charge in [-0.3, -0.25) is 9.59 Å². The maximum Gasteiger partial charge on any atom is 0.243 e. The molecule has 174 valence electrons. The van der Waals surface area contributed by atoms with Crippen molar-refractivity contribution in [2.45, 2.75) is 78.4 Å². The molecule has 0 fully saturated rings. The van der Waals surface area contributed by atoms with Crippen LogP contribution in [0.3, 0.4) is 0 Å². The number of nitrogens with zero attached hydrogens (tertiary/aromatic N) is 1. The third-order valence-electron chi connectivity index (χ3n) is 5.84. The van der Waals surface area contributed by atoms with Crippen LogP contribution in [0.15, 0.2) is 42.5 Å². The number of benzene rings is 2. The summed E-state index contributed by atoms with van der Waals surface area (Å²) in [5.74, 6) is -0.239. The van der Waals surface area contributed by atoms with E-state index in [9.17, 15) is 9.59 Å². The van der Waals surface area contributed by atoms with Gasteiger partial charge in [0.25, 0.3) is 0 Å². The number of halogens is 2. The molecule has 2 atom stereocenters. The van der Waals surface area contributed by atoms with Gasteiger partial charge in [0.2, 0.25) is 11.8 Å². The largest absolute Gasteiger partial charge is 0.352 e. The van der Waals surface area contributed by atoms with Crippen LogP contribution in [-0.4, -0.2) is 28.8 Å². The highest BCUT2D eigenvalue weighted by molar-refractivity contribution is 6.36. The molecule has 0 aromatic heterocycles. The Morgan fingerprint density at radius 2 is 1.53 bits per heavy atom. The minimum atomic E-state index is -0.591. The molecule has 2 aromatic carbocycles. The summed E-state index contributed by atoms with van der Waals surface area (Å²) in [5, 5.41) is 4.00. The van der Waals surface area contributed by atoms with Crippen molar-refractivity contribution in [1.29, 1.82) is 0 Å². The molecule has 0 aliphatic rings. The van der Waals surface area contributed by atoms with Gasteiger partial charge in [-0.05, 0) is 55.9 Å². The normalized spacial score (nSPS) is 12.8. The van der Waals surface area contributed by atoms with Gasteiger partial charge in [-0.15, -0.1) is 0 Å². The number of amides is 2. The zero-order valence-electron chi connectivity index (χ0n) is 19.5. The van der Waals surface area contributed by atoms with E-state index < -0.39 is 6.04 Å². The summed E-state index contributed by atoms with van der Waals surface area (Å²) in [5.41, 5.74) is 3.03. The molecule has 2 rings (SSSR count). The molecule has 0 heterocycles. The first-order valence-electron chi connectivity index (χ1n) is 11.4. The topological polar surface area (TPSA) is 49.4 Å². The molecule has 4 nitrogen and oxygen atoms in total. The van der Waals surface area contributed by atoms with Crippen molar-refractivity contribution in [2.24, 2.45) is 0 Å². The first-order valence-corrected chi connectivity index (χ1v) is 12.2. The molecule has 2 aromatic rings.